The van der Waals surface area contributed by atoms with Gasteiger partial charge in [0.1, 0.15) is 6.61 Å². The predicted octanol–water partition coefficient (Wildman–Crippen LogP) is 2.87. The minimum absolute atomic E-state index is 0.289. The topological polar surface area (TPSA) is 70.1 Å². The molecule has 0 bridgehead atoms. The van der Waals surface area contributed by atoms with Gasteiger partial charge in [-0.1, -0.05) is 30.3 Å². The summed E-state index contributed by atoms with van der Waals surface area (Å²) in [6, 6.07) is 12.5. The molecule has 0 atom stereocenters. The van der Waals surface area contributed by atoms with Crippen molar-refractivity contribution in [2.45, 2.75) is 6.42 Å². The van der Waals surface area contributed by atoms with Crippen LogP contribution in [0.2, 0.25) is 0 Å². The number of rotatable bonds is 9. The highest BCUT2D eigenvalue weighted by Crippen LogP contribution is 2.27. The van der Waals surface area contributed by atoms with Gasteiger partial charge in [0.15, 0.2) is 0 Å². The third-order valence-electron chi connectivity index (χ3n) is 4.39. The molecule has 6 heteroatoms. The molecule has 0 aliphatic rings. The first kappa shape index (κ1) is 21.6. The SMILES string of the molecule is CN(C)CCOC(=O)c1ccccc1-c1ccc(C(=O)O)c(CCN(C)C)c1. The highest BCUT2D eigenvalue weighted by molar-refractivity contribution is 5.98. The minimum Gasteiger partial charge on any atom is -0.478 e. The van der Waals surface area contributed by atoms with Crippen LogP contribution >= 0.6 is 0 Å². The summed E-state index contributed by atoms with van der Waals surface area (Å²) in [5, 5.41) is 9.49. The van der Waals surface area contributed by atoms with Crippen molar-refractivity contribution in [1.29, 1.82) is 0 Å². The number of ether oxygens (including phenoxy) is 1. The molecule has 0 unspecified atom stereocenters. The summed E-state index contributed by atoms with van der Waals surface area (Å²) in [4.78, 5) is 28.1. The first-order chi connectivity index (χ1) is 13.3. The number of carbonyl (C=O) groups is 2. The molecule has 0 aromatic heterocycles. The summed E-state index contributed by atoms with van der Waals surface area (Å²) in [6.07, 6.45) is 0.609. The molecule has 0 aliphatic heterocycles. The summed E-state index contributed by atoms with van der Waals surface area (Å²) < 4.78 is 5.39. The lowest BCUT2D eigenvalue weighted by molar-refractivity contribution is 0.0482. The van der Waals surface area contributed by atoms with Gasteiger partial charge in [0, 0.05) is 13.1 Å². The van der Waals surface area contributed by atoms with E-state index < -0.39 is 5.97 Å². The maximum Gasteiger partial charge on any atom is 0.338 e. The van der Waals surface area contributed by atoms with Gasteiger partial charge in [0.2, 0.25) is 0 Å². The zero-order valence-electron chi connectivity index (χ0n) is 16.9. The Morgan fingerprint density at radius 1 is 0.929 bits per heavy atom. The van der Waals surface area contributed by atoms with E-state index in [0.29, 0.717) is 25.1 Å². The van der Waals surface area contributed by atoms with E-state index in [1.807, 2.05) is 56.2 Å². The van der Waals surface area contributed by atoms with E-state index in [9.17, 15) is 14.7 Å². The van der Waals surface area contributed by atoms with Crippen LogP contribution in [-0.2, 0) is 11.2 Å². The number of carboxylic acids is 1. The van der Waals surface area contributed by atoms with Crippen LogP contribution < -0.4 is 0 Å². The van der Waals surface area contributed by atoms with E-state index in [0.717, 1.165) is 23.2 Å². The summed E-state index contributed by atoms with van der Waals surface area (Å²) in [6.45, 7) is 1.69. The van der Waals surface area contributed by atoms with Crippen molar-refractivity contribution in [3.8, 4) is 11.1 Å². The van der Waals surface area contributed by atoms with Crippen molar-refractivity contribution >= 4 is 11.9 Å². The lowest BCUT2D eigenvalue weighted by atomic mass is 9.94. The third kappa shape index (κ3) is 5.90. The van der Waals surface area contributed by atoms with Gasteiger partial charge >= 0.3 is 11.9 Å². The monoisotopic (exact) mass is 384 g/mol. The summed E-state index contributed by atoms with van der Waals surface area (Å²) in [5.41, 5.74) is 3.05. The average Bonchev–Trinajstić information content (AvgIpc) is 2.65. The molecule has 2 rings (SSSR count). The first-order valence-electron chi connectivity index (χ1n) is 9.21. The van der Waals surface area contributed by atoms with Crippen LogP contribution in [-0.4, -0.2) is 74.7 Å². The summed E-state index contributed by atoms with van der Waals surface area (Å²) in [7, 11) is 7.73. The van der Waals surface area contributed by atoms with E-state index in [1.54, 1.807) is 24.3 Å². The Hall–Kier alpha value is -2.70. The second-order valence-electron chi connectivity index (χ2n) is 7.22. The highest BCUT2D eigenvalue weighted by Gasteiger charge is 2.17. The Bertz CT molecular complexity index is 831. The third-order valence-corrected chi connectivity index (χ3v) is 4.39. The van der Waals surface area contributed by atoms with Crippen LogP contribution in [0.4, 0.5) is 0 Å². The predicted molar refractivity (Wildman–Crippen MR) is 110 cm³/mol. The van der Waals surface area contributed by atoms with Crippen LogP contribution in [0, 0.1) is 0 Å². The van der Waals surface area contributed by atoms with Crippen LogP contribution in [0.25, 0.3) is 11.1 Å². The number of nitrogens with zero attached hydrogens (tertiary/aromatic N) is 2. The fourth-order valence-corrected chi connectivity index (χ4v) is 2.83. The second kappa shape index (κ2) is 10.0. The van der Waals surface area contributed by atoms with Gasteiger partial charge in [0.05, 0.1) is 11.1 Å². The molecule has 0 heterocycles. The number of benzene rings is 2. The normalized spacial score (nSPS) is 11.1. The standard InChI is InChI=1S/C22H28N2O4/c1-23(2)12-11-17-15-16(9-10-19(17)21(25)26)18-7-5-6-8-20(18)22(27)28-14-13-24(3)4/h5-10,15H,11-14H2,1-4H3,(H,25,26). The maximum atomic E-state index is 12.6. The average molecular weight is 384 g/mol. The van der Waals surface area contributed by atoms with E-state index >= 15 is 0 Å². The van der Waals surface area contributed by atoms with Gasteiger partial charge in [0.25, 0.3) is 0 Å². The second-order valence-corrected chi connectivity index (χ2v) is 7.22. The molecular formula is C22H28N2O4. The zero-order valence-corrected chi connectivity index (χ0v) is 16.9. The van der Waals surface area contributed by atoms with Gasteiger partial charge < -0.3 is 19.6 Å². The van der Waals surface area contributed by atoms with Crippen molar-refractivity contribution in [2.24, 2.45) is 0 Å². The van der Waals surface area contributed by atoms with Crippen molar-refractivity contribution in [2.75, 3.05) is 47.9 Å². The Balaban J connectivity index is 2.35. The van der Waals surface area contributed by atoms with E-state index in [2.05, 4.69) is 0 Å². The number of carbonyl (C=O) groups excluding carboxylic acids is 1. The molecule has 0 fully saturated rings. The number of hydrogen-bond donors (Lipinski definition) is 1. The van der Waals surface area contributed by atoms with E-state index in [-0.39, 0.29) is 11.5 Å². The molecule has 0 spiro atoms. The summed E-state index contributed by atoms with van der Waals surface area (Å²) in [5.74, 6) is -1.33. The highest BCUT2D eigenvalue weighted by atomic mass is 16.5. The molecule has 150 valence electrons. The molecule has 2 aromatic rings. The molecule has 0 aliphatic carbocycles. The van der Waals surface area contributed by atoms with Crippen LogP contribution in [0.5, 0.6) is 0 Å². The van der Waals surface area contributed by atoms with Gasteiger partial charge in [-0.05, 0) is 63.4 Å². The number of esters is 1. The van der Waals surface area contributed by atoms with E-state index in [4.69, 9.17) is 4.74 Å². The molecule has 0 radical (unpaired) electrons. The zero-order chi connectivity index (χ0) is 20.7. The van der Waals surface area contributed by atoms with Crippen molar-refractivity contribution in [1.82, 2.24) is 9.80 Å². The quantitative estimate of drug-likeness (QED) is 0.671. The fraction of sp³-hybridized carbons (Fsp3) is 0.364. The largest absolute Gasteiger partial charge is 0.478 e. The molecule has 0 saturated heterocycles. The van der Waals surface area contributed by atoms with Crippen LogP contribution in [0.1, 0.15) is 26.3 Å². The first-order valence-corrected chi connectivity index (χ1v) is 9.21. The van der Waals surface area contributed by atoms with Crippen molar-refractivity contribution < 1.29 is 19.4 Å². The van der Waals surface area contributed by atoms with Gasteiger partial charge in [-0.2, -0.15) is 0 Å². The number of carboxylic acid groups (broad SMARTS) is 1. The van der Waals surface area contributed by atoms with Crippen molar-refractivity contribution in [3.63, 3.8) is 0 Å². The maximum absolute atomic E-state index is 12.6. The molecule has 0 amide bonds. The number of likely N-dealkylation sites (N-methyl/N-ethyl adjacent to an activating group) is 2. The van der Waals surface area contributed by atoms with Crippen molar-refractivity contribution in [3.05, 3.63) is 59.2 Å². The van der Waals surface area contributed by atoms with Gasteiger partial charge in [-0.15, -0.1) is 0 Å². The van der Waals surface area contributed by atoms with Crippen LogP contribution in [0.15, 0.2) is 42.5 Å². The Kier molecular flexibility index (Phi) is 7.72. The van der Waals surface area contributed by atoms with Gasteiger partial charge in [-0.3, -0.25) is 0 Å². The Labute approximate surface area is 166 Å². The molecule has 2 aromatic carbocycles. The van der Waals surface area contributed by atoms with Gasteiger partial charge in [-0.25, -0.2) is 9.59 Å². The molecule has 0 saturated carbocycles. The van der Waals surface area contributed by atoms with Crippen LogP contribution in [0.3, 0.4) is 0 Å². The number of aromatic carboxylic acids is 1. The smallest absolute Gasteiger partial charge is 0.338 e. The minimum atomic E-state index is -0.948. The van der Waals surface area contributed by atoms with E-state index in [1.165, 1.54) is 0 Å². The molecule has 28 heavy (non-hydrogen) atoms. The molecule has 6 nitrogen and oxygen atoms in total. The lowest BCUT2D eigenvalue weighted by Crippen LogP contribution is -2.20. The number of hydrogen-bond acceptors (Lipinski definition) is 5. The lowest BCUT2D eigenvalue weighted by Gasteiger charge is -2.15. The Morgan fingerprint density at radius 2 is 1.61 bits per heavy atom. The molecular weight excluding hydrogens is 356 g/mol. The Morgan fingerprint density at radius 3 is 2.25 bits per heavy atom. The summed E-state index contributed by atoms with van der Waals surface area (Å²) >= 11 is 0. The molecule has 1 N–H and O–H groups in total. The fourth-order valence-electron chi connectivity index (χ4n) is 2.83.